The first-order valence-electron chi connectivity index (χ1n) is 20.5. The van der Waals surface area contributed by atoms with Crippen LogP contribution in [0.5, 0.6) is 0 Å². The van der Waals surface area contributed by atoms with Crippen molar-refractivity contribution in [2.45, 2.75) is 88.9 Å². The van der Waals surface area contributed by atoms with E-state index in [4.69, 9.17) is 0 Å². The molecule has 2 bridgehead atoms. The van der Waals surface area contributed by atoms with Crippen LogP contribution in [-0.4, -0.2) is 0 Å². The van der Waals surface area contributed by atoms with E-state index in [1.54, 1.807) is 5.56 Å². The molecule has 0 saturated heterocycles. The summed E-state index contributed by atoms with van der Waals surface area (Å²) < 4.78 is 0. The van der Waals surface area contributed by atoms with E-state index >= 15 is 0 Å². The number of hydrogen-bond donors (Lipinski definition) is 0. The zero-order valence-corrected chi connectivity index (χ0v) is 31.4. The van der Waals surface area contributed by atoms with Gasteiger partial charge in [-0.05, 0) is 142 Å². The fraction of sp³-hybridized carbons (Fsp3) is 0.308. The number of fused-ring (bicyclic) bond motifs is 5. The van der Waals surface area contributed by atoms with E-state index in [2.05, 4.69) is 158 Å². The zero-order chi connectivity index (χ0) is 35.5. The number of anilines is 3. The van der Waals surface area contributed by atoms with Crippen molar-refractivity contribution in [1.29, 1.82) is 0 Å². The maximum atomic E-state index is 2.59. The summed E-state index contributed by atoms with van der Waals surface area (Å²) in [5.74, 6) is 3.19. The molecular weight excluding hydrogens is 639 g/mol. The van der Waals surface area contributed by atoms with Gasteiger partial charge in [0.2, 0.25) is 0 Å². The lowest BCUT2D eigenvalue weighted by Crippen LogP contribution is -2.18. The van der Waals surface area contributed by atoms with Gasteiger partial charge in [0.1, 0.15) is 0 Å². The van der Waals surface area contributed by atoms with E-state index in [0.29, 0.717) is 5.92 Å². The van der Waals surface area contributed by atoms with E-state index in [-0.39, 0.29) is 5.41 Å². The van der Waals surface area contributed by atoms with Crippen LogP contribution >= 0.6 is 0 Å². The predicted molar refractivity (Wildman–Crippen MR) is 224 cm³/mol. The van der Waals surface area contributed by atoms with E-state index < -0.39 is 0 Å². The van der Waals surface area contributed by atoms with Crippen molar-refractivity contribution in [1.82, 2.24) is 0 Å². The van der Waals surface area contributed by atoms with Crippen LogP contribution in [-0.2, 0) is 5.41 Å². The standard InChI is InChI=1S/C52H51N/c1-52(2)49-34-50(47(38-18-10-5-11-19-38)33-48(49)45-23-13-22-44(51(45)52)37-16-8-4-9-17-37)53(43-21-12-20-40(32-43)36-14-6-3-7-15-36)42-28-26-39(27-29-42)46-31-35-24-25-41(46)30-35/h4-5,8-13,16-23,26-29,32-36,41,46H,3,6-7,14-15,24-25,30-31H2,1-2H3. The maximum absolute atomic E-state index is 2.59. The van der Waals surface area contributed by atoms with E-state index in [1.165, 1.54) is 125 Å². The molecule has 4 aliphatic rings. The maximum Gasteiger partial charge on any atom is 0.0543 e. The number of rotatable bonds is 7. The van der Waals surface area contributed by atoms with Gasteiger partial charge in [-0.2, -0.15) is 0 Å². The summed E-state index contributed by atoms with van der Waals surface area (Å²) in [5.41, 5.74) is 17.3. The quantitative estimate of drug-likeness (QED) is 0.161. The summed E-state index contributed by atoms with van der Waals surface area (Å²) in [6.07, 6.45) is 12.3. The molecule has 0 aromatic heterocycles. The lowest BCUT2D eigenvalue weighted by atomic mass is 9.78. The van der Waals surface area contributed by atoms with Crippen LogP contribution in [0, 0.1) is 11.8 Å². The molecule has 1 nitrogen and oxygen atoms in total. The van der Waals surface area contributed by atoms with Crippen LogP contribution in [0.15, 0.2) is 140 Å². The second kappa shape index (κ2) is 13.2. The summed E-state index contributed by atoms with van der Waals surface area (Å²) in [6, 6.07) is 53.5. The van der Waals surface area contributed by atoms with Crippen LogP contribution in [0.25, 0.3) is 33.4 Å². The van der Waals surface area contributed by atoms with Gasteiger partial charge in [-0.15, -0.1) is 0 Å². The molecule has 0 heterocycles. The Bertz CT molecular complexity index is 2260. The summed E-state index contributed by atoms with van der Waals surface area (Å²) >= 11 is 0. The summed E-state index contributed by atoms with van der Waals surface area (Å²) in [7, 11) is 0. The minimum absolute atomic E-state index is 0.178. The van der Waals surface area contributed by atoms with E-state index in [1.807, 2.05) is 0 Å². The third kappa shape index (κ3) is 5.67. The van der Waals surface area contributed by atoms with Gasteiger partial charge in [0.05, 0.1) is 5.69 Å². The first-order valence-corrected chi connectivity index (χ1v) is 20.5. The predicted octanol–water partition coefficient (Wildman–Crippen LogP) is 14.7. The highest BCUT2D eigenvalue weighted by atomic mass is 15.1. The van der Waals surface area contributed by atoms with Crippen molar-refractivity contribution >= 4 is 17.1 Å². The number of benzene rings is 6. The van der Waals surface area contributed by atoms with Crippen LogP contribution in [0.2, 0.25) is 0 Å². The lowest BCUT2D eigenvalue weighted by molar-refractivity contribution is 0.420. The van der Waals surface area contributed by atoms with Gasteiger partial charge < -0.3 is 4.90 Å². The average molecular weight is 690 g/mol. The second-order valence-electron chi connectivity index (χ2n) is 17.1. The van der Waals surface area contributed by atoms with Crippen molar-refractivity contribution < 1.29 is 0 Å². The van der Waals surface area contributed by atoms with E-state index in [9.17, 15) is 0 Å². The summed E-state index contributed by atoms with van der Waals surface area (Å²) in [5, 5.41) is 0. The topological polar surface area (TPSA) is 3.24 Å². The highest BCUT2D eigenvalue weighted by molar-refractivity contribution is 5.96. The van der Waals surface area contributed by atoms with E-state index in [0.717, 1.165) is 17.8 Å². The molecule has 53 heavy (non-hydrogen) atoms. The van der Waals surface area contributed by atoms with Crippen molar-refractivity contribution in [2.75, 3.05) is 4.90 Å². The first-order chi connectivity index (χ1) is 26.0. The van der Waals surface area contributed by atoms with Crippen LogP contribution < -0.4 is 4.90 Å². The monoisotopic (exact) mass is 689 g/mol. The van der Waals surface area contributed by atoms with Crippen molar-refractivity contribution in [3.05, 3.63) is 162 Å². The Morgan fingerprint density at radius 1 is 0.509 bits per heavy atom. The molecule has 3 saturated carbocycles. The van der Waals surface area contributed by atoms with Gasteiger partial charge in [0.25, 0.3) is 0 Å². The highest BCUT2D eigenvalue weighted by Crippen LogP contribution is 2.57. The second-order valence-corrected chi connectivity index (χ2v) is 17.1. The third-order valence-corrected chi connectivity index (χ3v) is 13.7. The third-order valence-electron chi connectivity index (χ3n) is 13.7. The smallest absolute Gasteiger partial charge is 0.0543 e. The molecule has 264 valence electrons. The van der Waals surface area contributed by atoms with Crippen molar-refractivity contribution in [2.24, 2.45) is 11.8 Å². The fourth-order valence-corrected chi connectivity index (χ4v) is 11.1. The molecule has 3 fully saturated rings. The van der Waals surface area contributed by atoms with Crippen LogP contribution in [0.3, 0.4) is 0 Å². The minimum Gasteiger partial charge on any atom is -0.310 e. The molecule has 4 aliphatic carbocycles. The molecule has 10 rings (SSSR count). The van der Waals surface area contributed by atoms with Gasteiger partial charge >= 0.3 is 0 Å². The molecule has 0 radical (unpaired) electrons. The molecule has 0 amide bonds. The van der Waals surface area contributed by atoms with Crippen LogP contribution in [0.4, 0.5) is 17.1 Å². The Kier molecular flexibility index (Phi) is 8.16. The molecule has 6 aromatic rings. The Morgan fingerprint density at radius 3 is 1.91 bits per heavy atom. The normalized spacial score (nSPS) is 21.4. The SMILES string of the molecule is CC1(C)c2cc(N(c3ccc(C4CC5CCC4C5)cc3)c3cccc(C4CCCCC4)c3)c(-c3ccccc3)cc2-c2cccc(-c3ccccc3)c21. The zero-order valence-electron chi connectivity index (χ0n) is 31.4. The molecule has 6 aromatic carbocycles. The fourth-order valence-electron chi connectivity index (χ4n) is 11.1. The summed E-state index contributed by atoms with van der Waals surface area (Å²) in [4.78, 5) is 2.59. The Morgan fingerprint density at radius 2 is 1.21 bits per heavy atom. The number of hydrogen-bond acceptors (Lipinski definition) is 1. The van der Waals surface area contributed by atoms with Gasteiger partial charge in [-0.3, -0.25) is 0 Å². The molecular formula is C52H51N. The Balaban J connectivity index is 1.17. The van der Waals surface area contributed by atoms with Gasteiger partial charge in [-0.1, -0.05) is 143 Å². The largest absolute Gasteiger partial charge is 0.310 e. The Hall–Kier alpha value is -4.88. The van der Waals surface area contributed by atoms with Crippen molar-refractivity contribution in [3.63, 3.8) is 0 Å². The molecule has 1 heteroatoms. The highest BCUT2D eigenvalue weighted by Gasteiger charge is 2.41. The van der Waals surface area contributed by atoms with Gasteiger partial charge in [0.15, 0.2) is 0 Å². The van der Waals surface area contributed by atoms with Gasteiger partial charge in [0, 0.05) is 22.4 Å². The van der Waals surface area contributed by atoms with Gasteiger partial charge in [-0.25, -0.2) is 0 Å². The average Bonchev–Trinajstić information content (AvgIpc) is 3.92. The lowest BCUT2D eigenvalue weighted by Gasteiger charge is -2.32. The van der Waals surface area contributed by atoms with Crippen molar-refractivity contribution in [3.8, 4) is 33.4 Å². The minimum atomic E-state index is -0.178. The summed E-state index contributed by atoms with van der Waals surface area (Å²) in [6.45, 7) is 4.88. The first kappa shape index (κ1) is 32.7. The molecule has 0 aliphatic heterocycles. The Labute approximate surface area is 316 Å². The molecule has 3 atom stereocenters. The molecule has 3 unspecified atom stereocenters. The van der Waals surface area contributed by atoms with Crippen LogP contribution in [0.1, 0.15) is 106 Å². The molecule has 0 N–H and O–H groups in total. The molecule has 0 spiro atoms. The number of nitrogens with zero attached hydrogens (tertiary/aromatic N) is 1.